The molecule has 0 radical (unpaired) electrons. The summed E-state index contributed by atoms with van der Waals surface area (Å²) in [5.41, 5.74) is 7.42. The van der Waals surface area contributed by atoms with E-state index in [1.165, 1.54) is 0 Å². The van der Waals surface area contributed by atoms with Crippen molar-refractivity contribution in [2.45, 2.75) is 6.61 Å². The van der Waals surface area contributed by atoms with E-state index in [-0.39, 0.29) is 0 Å². The van der Waals surface area contributed by atoms with E-state index in [0.717, 1.165) is 11.3 Å². The second-order valence-electron chi connectivity index (χ2n) is 3.82. The summed E-state index contributed by atoms with van der Waals surface area (Å²) in [4.78, 5) is 0. The third-order valence-electron chi connectivity index (χ3n) is 2.51. The highest BCUT2D eigenvalue weighted by molar-refractivity contribution is 6.30. The average molecular weight is 264 g/mol. The van der Waals surface area contributed by atoms with Crippen LogP contribution < -0.4 is 15.2 Å². The molecule has 0 heterocycles. The van der Waals surface area contributed by atoms with Crippen molar-refractivity contribution in [3.63, 3.8) is 0 Å². The summed E-state index contributed by atoms with van der Waals surface area (Å²) in [6.45, 7) is 0.454. The minimum Gasteiger partial charge on any atom is -0.495 e. The van der Waals surface area contributed by atoms with Crippen molar-refractivity contribution in [3.05, 3.63) is 53.1 Å². The molecule has 0 saturated carbocycles. The van der Waals surface area contributed by atoms with Crippen molar-refractivity contribution in [2.75, 3.05) is 12.8 Å². The Labute approximate surface area is 111 Å². The first-order chi connectivity index (χ1) is 8.69. The van der Waals surface area contributed by atoms with Gasteiger partial charge in [-0.1, -0.05) is 17.7 Å². The zero-order chi connectivity index (χ0) is 13.0. The van der Waals surface area contributed by atoms with Gasteiger partial charge in [-0.05, 0) is 42.0 Å². The van der Waals surface area contributed by atoms with Gasteiger partial charge in [-0.15, -0.1) is 0 Å². The first kappa shape index (κ1) is 12.6. The average Bonchev–Trinajstić information content (AvgIpc) is 2.38. The number of hydrogen-bond donors (Lipinski definition) is 1. The Morgan fingerprint density at radius 3 is 2.44 bits per heavy atom. The Morgan fingerprint density at radius 1 is 1.11 bits per heavy atom. The summed E-state index contributed by atoms with van der Waals surface area (Å²) < 4.78 is 10.7. The van der Waals surface area contributed by atoms with Gasteiger partial charge >= 0.3 is 0 Å². The van der Waals surface area contributed by atoms with E-state index in [0.29, 0.717) is 23.1 Å². The third kappa shape index (κ3) is 3.08. The molecule has 0 unspecified atom stereocenters. The Balaban J connectivity index is 2.02. The number of halogens is 1. The molecule has 0 fully saturated rings. The fourth-order valence-electron chi connectivity index (χ4n) is 1.57. The van der Waals surface area contributed by atoms with Crippen LogP contribution in [0.5, 0.6) is 11.5 Å². The maximum atomic E-state index is 5.82. The number of methoxy groups -OCH3 is 1. The molecule has 2 N–H and O–H groups in total. The van der Waals surface area contributed by atoms with Gasteiger partial charge in [0.15, 0.2) is 0 Å². The lowest BCUT2D eigenvalue weighted by Crippen LogP contribution is -1.98. The molecule has 0 bridgehead atoms. The van der Waals surface area contributed by atoms with E-state index >= 15 is 0 Å². The molecule has 18 heavy (non-hydrogen) atoms. The highest BCUT2D eigenvalue weighted by atomic mass is 35.5. The van der Waals surface area contributed by atoms with E-state index in [2.05, 4.69) is 0 Å². The zero-order valence-electron chi connectivity index (χ0n) is 10.0. The number of nitrogens with two attached hydrogens (primary N) is 1. The van der Waals surface area contributed by atoms with E-state index in [9.17, 15) is 0 Å². The molecule has 2 aromatic carbocycles. The van der Waals surface area contributed by atoms with Gasteiger partial charge in [0, 0.05) is 5.02 Å². The molecule has 94 valence electrons. The van der Waals surface area contributed by atoms with Crippen molar-refractivity contribution in [3.8, 4) is 11.5 Å². The van der Waals surface area contributed by atoms with Crippen LogP contribution in [0.4, 0.5) is 5.69 Å². The number of ether oxygens (including phenoxy) is 2. The first-order valence-electron chi connectivity index (χ1n) is 5.50. The Kier molecular flexibility index (Phi) is 3.95. The lowest BCUT2D eigenvalue weighted by Gasteiger charge is -2.09. The summed E-state index contributed by atoms with van der Waals surface area (Å²) in [5, 5.41) is 0.691. The number of rotatable bonds is 4. The van der Waals surface area contributed by atoms with Crippen LogP contribution in [0.15, 0.2) is 42.5 Å². The van der Waals surface area contributed by atoms with Gasteiger partial charge in [0.05, 0.1) is 12.8 Å². The van der Waals surface area contributed by atoms with Crippen LogP contribution in [-0.4, -0.2) is 7.11 Å². The van der Waals surface area contributed by atoms with Gasteiger partial charge in [0.2, 0.25) is 0 Å². The van der Waals surface area contributed by atoms with Crippen LogP contribution >= 0.6 is 11.6 Å². The van der Waals surface area contributed by atoms with Gasteiger partial charge in [-0.2, -0.15) is 0 Å². The molecule has 3 nitrogen and oxygen atoms in total. The predicted octanol–water partition coefficient (Wildman–Crippen LogP) is 3.51. The highest BCUT2D eigenvalue weighted by Crippen LogP contribution is 2.23. The molecule has 2 rings (SSSR count). The molecule has 4 heteroatoms. The summed E-state index contributed by atoms with van der Waals surface area (Å²) >= 11 is 5.80. The summed E-state index contributed by atoms with van der Waals surface area (Å²) in [6.07, 6.45) is 0. The van der Waals surface area contributed by atoms with Crippen molar-refractivity contribution >= 4 is 17.3 Å². The van der Waals surface area contributed by atoms with Gasteiger partial charge in [-0.3, -0.25) is 0 Å². The predicted molar refractivity (Wildman–Crippen MR) is 73.2 cm³/mol. The molecule has 0 aromatic heterocycles. The molecular weight excluding hydrogens is 250 g/mol. The topological polar surface area (TPSA) is 44.5 Å². The van der Waals surface area contributed by atoms with Crippen molar-refractivity contribution in [1.29, 1.82) is 0 Å². The molecule has 0 saturated heterocycles. The number of hydrogen-bond acceptors (Lipinski definition) is 3. The fourth-order valence-corrected chi connectivity index (χ4v) is 1.70. The molecule has 0 atom stereocenters. The van der Waals surface area contributed by atoms with Crippen LogP contribution in [0.3, 0.4) is 0 Å². The standard InChI is InChI=1S/C14H14ClNO2/c1-17-14-7-2-10(8-13(14)16)9-18-12-5-3-11(15)4-6-12/h2-8H,9,16H2,1H3. The summed E-state index contributed by atoms with van der Waals surface area (Å²) in [6, 6.07) is 12.8. The fraction of sp³-hybridized carbons (Fsp3) is 0.143. The number of nitrogen functional groups attached to an aromatic ring is 1. The van der Waals surface area contributed by atoms with Gasteiger partial charge in [0.1, 0.15) is 18.1 Å². The van der Waals surface area contributed by atoms with Gasteiger partial charge < -0.3 is 15.2 Å². The highest BCUT2D eigenvalue weighted by Gasteiger charge is 2.01. The van der Waals surface area contributed by atoms with Crippen molar-refractivity contribution < 1.29 is 9.47 Å². The van der Waals surface area contributed by atoms with Crippen molar-refractivity contribution in [2.24, 2.45) is 0 Å². The molecule has 2 aromatic rings. The molecule has 0 amide bonds. The van der Waals surface area contributed by atoms with Crippen LogP contribution in [0.25, 0.3) is 0 Å². The Morgan fingerprint density at radius 2 is 1.83 bits per heavy atom. The molecule has 0 aliphatic heterocycles. The lowest BCUT2D eigenvalue weighted by atomic mass is 10.2. The Bertz CT molecular complexity index is 526. The number of anilines is 1. The largest absolute Gasteiger partial charge is 0.495 e. The van der Waals surface area contributed by atoms with E-state index in [4.69, 9.17) is 26.8 Å². The lowest BCUT2D eigenvalue weighted by molar-refractivity contribution is 0.306. The SMILES string of the molecule is COc1ccc(COc2ccc(Cl)cc2)cc1N. The van der Waals surface area contributed by atoms with E-state index in [1.54, 1.807) is 19.2 Å². The van der Waals surface area contributed by atoms with Crippen LogP contribution in [0, 0.1) is 0 Å². The molecule has 0 spiro atoms. The summed E-state index contributed by atoms with van der Waals surface area (Å²) in [7, 11) is 1.59. The second kappa shape index (κ2) is 5.65. The maximum Gasteiger partial charge on any atom is 0.141 e. The van der Waals surface area contributed by atoms with Crippen molar-refractivity contribution in [1.82, 2.24) is 0 Å². The molecule has 0 aliphatic carbocycles. The van der Waals surface area contributed by atoms with Crippen LogP contribution in [-0.2, 0) is 6.61 Å². The zero-order valence-corrected chi connectivity index (χ0v) is 10.8. The summed E-state index contributed by atoms with van der Waals surface area (Å²) in [5.74, 6) is 1.44. The van der Waals surface area contributed by atoms with Gasteiger partial charge in [0.25, 0.3) is 0 Å². The van der Waals surface area contributed by atoms with E-state index in [1.807, 2.05) is 30.3 Å². The number of benzene rings is 2. The quantitative estimate of drug-likeness (QED) is 0.859. The maximum absolute atomic E-state index is 5.82. The van der Waals surface area contributed by atoms with Crippen LogP contribution in [0.1, 0.15) is 5.56 Å². The molecule has 0 aliphatic rings. The third-order valence-corrected chi connectivity index (χ3v) is 2.77. The first-order valence-corrected chi connectivity index (χ1v) is 5.87. The van der Waals surface area contributed by atoms with E-state index < -0.39 is 0 Å². The smallest absolute Gasteiger partial charge is 0.141 e. The minimum atomic E-state index is 0.454. The normalized spacial score (nSPS) is 10.1. The van der Waals surface area contributed by atoms with Crippen LogP contribution in [0.2, 0.25) is 5.02 Å². The minimum absolute atomic E-state index is 0.454. The Hall–Kier alpha value is -1.87. The monoisotopic (exact) mass is 263 g/mol. The second-order valence-corrected chi connectivity index (χ2v) is 4.26. The van der Waals surface area contributed by atoms with Gasteiger partial charge in [-0.25, -0.2) is 0 Å². The molecular formula is C14H14ClNO2.